The number of benzene rings is 2. The van der Waals surface area contributed by atoms with Gasteiger partial charge >= 0.3 is 0 Å². The molecule has 2 rings (SSSR count). The second kappa shape index (κ2) is 10.1. The molecule has 0 aliphatic heterocycles. The second-order valence-corrected chi connectivity index (χ2v) is 7.29. The first-order valence-electron chi connectivity index (χ1n) is 10.0. The third kappa shape index (κ3) is 4.83. The van der Waals surface area contributed by atoms with Crippen molar-refractivity contribution in [3.05, 3.63) is 58.7 Å². The molecule has 0 aliphatic rings. The van der Waals surface area contributed by atoms with E-state index in [9.17, 15) is 4.79 Å². The Labute approximate surface area is 169 Å². The van der Waals surface area contributed by atoms with Crippen LogP contribution in [0.4, 0.5) is 0 Å². The maximum atomic E-state index is 12.0. The lowest BCUT2D eigenvalue weighted by Crippen LogP contribution is -2.02. The molecule has 0 saturated heterocycles. The van der Waals surface area contributed by atoms with Gasteiger partial charge in [-0.15, -0.1) is 0 Å². The Morgan fingerprint density at radius 2 is 1.68 bits per heavy atom. The topological polar surface area (TPSA) is 35.5 Å². The highest BCUT2D eigenvalue weighted by molar-refractivity contribution is 6.14. The molecule has 28 heavy (non-hydrogen) atoms. The zero-order valence-corrected chi connectivity index (χ0v) is 17.9. The zero-order chi connectivity index (χ0) is 20.7. The lowest BCUT2D eigenvalue weighted by Gasteiger charge is -2.19. The van der Waals surface area contributed by atoms with E-state index in [0.717, 1.165) is 36.0 Å². The molecule has 0 heterocycles. The van der Waals surface area contributed by atoms with Gasteiger partial charge in [-0.05, 0) is 59.6 Å². The Bertz CT molecular complexity index is 836. The highest BCUT2D eigenvalue weighted by Gasteiger charge is 2.16. The quantitative estimate of drug-likeness (QED) is 0.284. The first kappa shape index (κ1) is 21.7. The Balaban J connectivity index is 2.59. The van der Waals surface area contributed by atoms with Gasteiger partial charge in [0.05, 0.1) is 14.2 Å². The second-order valence-electron chi connectivity index (χ2n) is 7.29. The number of carbonyl (C=O) groups is 1. The van der Waals surface area contributed by atoms with Crippen molar-refractivity contribution in [2.24, 2.45) is 0 Å². The lowest BCUT2D eigenvalue weighted by molar-refractivity contribution is -0.103. The van der Waals surface area contributed by atoms with E-state index in [-0.39, 0.29) is 0 Å². The van der Waals surface area contributed by atoms with Crippen molar-refractivity contribution in [1.29, 1.82) is 0 Å². The molecule has 150 valence electrons. The number of rotatable bonds is 9. The molecule has 0 aliphatic carbocycles. The molecule has 0 amide bonds. The minimum Gasteiger partial charge on any atom is -0.497 e. The maximum Gasteiger partial charge on any atom is 0.150 e. The molecule has 0 bridgehead atoms. The minimum absolute atomic E-state index is 0.375. The molecule has 0 radical (unpaired) electrons. The predicted molar refractivity (Wildman–Crippen MR) is 117 cm³/mol. The molecule has 2 atom stereocenters. The fraction of sp³-hybridized carbons (Fsp3) is 0.400. The highest BCUT2D eigenvalue weighted by Crippen LogP contribution is 2.34. The van der Waals surface area contributed by atoms with Crippen molar-refractivity contribution in [2.75, 3.05) is 14.2 Å². The van der Waals surface area contributed by atoms with Gasteiger partial charge in [0.25, 0.3) is 0 Å². The largest absolute Gasteiger partial charge is 0.497 e. The molecule has 3 nitrogen and oxygen atoms in total. The van der Waals surface area contributed by atoms with E-state index < -0.39 is 0 Å². The van der Waals surface area contributed by atoms with Gasteiger partial charge in [0.15, 0.2) is 6.29 Å². The van der Waals surface area contributed by atoms with Gasteiger partial charge < -0.3 is 9.47 Å². The number of aldehydes is 1. The van der Waals surface area contributed by atoms with E-state index in [1.54, 1.807) is 14.2 Å². The number of hydrogen-bond acceptors (Lipinski definition) is 3. The summed E-state index contributed by atoms with van der Waals surface area (Å²) in [5.74, 6) is 2.28. The summed E-state index contributed by atoms with van der Waals surface area (Å²) in [5, 5.41) is 0. The first-order valence-corrected chi connectivity index (χ1v) is 10.0. The van der Waals surface area contributed by atoms with Crippen LogP contribution >= 0.6 is 0 Å². The van der Waals surface area contributed by atoms with Crippen molar-refractivity contribution in [3.63, 3.8) is 0 Å². The summed E-state index contributed by atoms with van der Waals surface area (Å²) in [6.07, 6.45) is 4.96. The van der Waals surface area contributed by atoms with E-state index in [1.807, 2.05) is 24.3 Å². The lowest BCUT2D eigenvalue weighted by atomic mass is 9.85. The Morgan fingerprint density at radius 3 is 2.25 bits per heavy atom. The van der Waals surface area contributed by atoms with E-state index in [2.05, 4.69) is 45.9 Å². The monoisotopic (exact) mass is 380 g/mol. The molecular weight excluding hydrogens is 348 g/mol. The Kier molecular flexibility index (Phi) is 7.86. The summed E-state index contributed by atoms with van der Waals surface area (Å²) >= 11 is 0. The molecule has 2 unspecified atom stereocenters. The third-order valence-corrected chi connectivity index (χ3v) is 5.59. The summed E-state index contributed by atoms with van der Waals surface area (Å²) in [7, 11) is 3.25. The number of methoxy groups -OCH3 is 2. The fourth-order valence-corrected chi connectivity index (χ4v) is 3.29. The molecule has 2 aromatic carbocycles. The van der Waals surface area contributed by atoms with Gasteiger partial charge in [-0.3, -0.25) is 4.79 Å². The van der Waals surface area contributed by atoms with Crippen LogP contribution in [0.1, 0.15) is 74.6 Å². The van der Waals surface area contributed by atoms with Crippen LogP contribution in [0.25, 0.3) is 11.6 Å². The average Bonchev–Trinajstić information content (AvgIpc) is 2.75. The number of allylic oxidation sites excluding steroid dienone is 1. The number of carbonyl (C=O) groups excluding carboxylic acids is 1. The van der Waals surface area contributed by atoms with Crippen molar-refractivity contribution >= 4 is 17.9 Å². The number of hydrogen-bond donors (Lipinski definition) is 0. The van der Waals surface area contributed by atoms with Gasteiger partial charge in [-0.25, -0.2) is 0 Å². The molecular formula is C25H32O3. The number of ether oxygens (including phenoxy) is 2. The van der Waals surface area contributed by atoms with E-state index in [0.29, 0.717) is 23.2 Å². The molecule has 2 aromatic rings. The van der Waals surface area contributed by atoms with Crippen LogP contribution in [-0.4, -0.2) is 20.5 Å². The van der Waals surface area contributed by atoms with Gasteiger partial charge in [0.1, 0.15) is 11.5 Å². The van der Waals surface area contributed by atoms with Gasteiger partial charge in [-0.1, -0.05) is 45.9 Å². The van der Waals surface area contributed by atoms with Crippen LogP contribution in [0.5, 0.6) is 11.5 Å². The first-order chi connectivity index (χ1) is 13.5. The van der Waals surface area contributed by atoms with Crippen LogP contribution in [0.3, 0.4) is 0 Å². The molecule has 0 aromatic heterocycles. The van der Waals surface area contributed by atoms with Crippen molar-refractivity contribution in [2.45, 2.75) is 52.4 Å². The molecule has 0 fully saturated rings. The van der Waals surface area contributed by atoms with Crippen LogP contribution in [0, 0.1) is 0 Å². The van der Waals surface area contributed by atoms with Gasteiger partial charge in [0.2, 0.25) is 0 Å². The SMILES string of the molecule is CCC(C)c1ccc(/C(C=O)=C/c2ccc(OC)cc2OC)c(C(C)CC)c1. The maximum absolute atomic E-state index is 12.0. The molecule has 0 spiro atoms. The van der Waals surface area contributed by atoms with Gasteiger partial charge in [-0.2, -0.15) is 0 Å². The summed E-state index contributed by atoms with van der Waals surface area (Å²) in [5.41, 5.74) is 5.07. The fourth-order valence-electron chi connectivity index (χ4n) is 3.29. The Hall–Kier alpha value is -2.55. The van der Waals surface area contributed by atoms with Crippen LogP contribution in [-0.2, 0) is 4.79 Å². The van der Waals surface area contributed by atoms with Crippen LogP contribution in [0.2, 0.25) is 0 Å². The summed E-state index contributed by atoms with van der Waals surface area (Å²) < 4.78 is 10.8. The standard InChI is InChI=1S/C25H32O3/c1-7-17(3)19-10-12-23(24(14-19)18(4)8-2)21(16-26)13-20-9-11-22(27-5)15-25(20)28-6/h9-18H,7-8H2,1-6H3/b21-13+. The minimum atomic E-state index is 0.375. The Morgan fingerprint density at radius 1 is 0.964 bits per heavy atom. The predicted octanol–water partition coefficient (Wildman–Crippen LogP) is 6.47. The molecule has 3 heteroatoms. The summed E-state index contributed by atoms with van der Waals surface area (Å²) in [6.45, 7) is 8.85. The van der Waals surface area contributed by atoms with E-state index >= 15 is 0 Å². The van der Waals surface area contributed by atoms with Crippen molar-refractivity contribution in [1.82, 2.24) is 0 Å². The average molecular weight is 381 g/mol. The van der Waals surface area contributed by atoms with Crippen molar-refractivity contribution in [3.8, 4) is 11.5 Å². The van der Waals surface area contributed by atoms with Crippen LogP contribution < -0.4 is 9.47 Å². The summed E-state index contributed by atoms with van der Waals surface area (Å²) in [4.78, 5) is 12.0. The zero-order valence-electron chi connectivity index (χ0n) is 17.9. The smallest absolute Gasteiger partial charge is 0.150 e. The highest BCUT2D eigenvalue weighted by atomic mass is 16.5. The van der Waals surface area contributed by atoms with Gasteiger partial charge in [0, 0.05) is 17.2 Å². The van der Waals surface area contributed by atoms with E-state index in [1.165, 1.54) is 11.1 Å². The van der Waals surface area contributed by atoms with Crippen molar-refractivity contribution < 1.29 is 14.3 Å². The summed E-state index contributed by atoms with van der Waals surface area (Å²) in [6, 6.07) is 12.1. The molecule has 0 N–H and O–H groups in total. The van der Waals surface area contributed by atoms with E-state index in [4.69, 9.17) is 9.47 Å². The normalized spacial score (nSPS) is 13.7. The third-order valence-electron chi connectivity index (χ3n) is 5.59. The molecule has 0 saturated carbocycles. The van der Waals surface area contributed by atoms with Crippen LogP contribution in [0.15, 0.2) is 36.4 Å².